The van der Waals surface area contributed by atoms with Crippen LogP contribution in [0.25, 0.3) is 0 Å². The molecule has 0 bridgehead atoms. The highest BCUT2D eigenvalue weighted by molar-refractivity contribution is 5.91. The zero-order chi connectivity index (χ0) is 19.9. The maximum atomic E-state index is 12.9. The number of halogens is 1. The second kappa shape index (κ2) is 8.94. The summed E-state index contributed by atoms with van der Waals surface area (Å²) in [6.45, 7) is 2.71. The van der Waals surface area contributed by atoms with Crippen LogP contribution in [0.1, 0.15) is 29.4 Å². The molecule has 0 atom stereocenters. The number of hydrogen-bond donors (Lipinski definition) is 1. The van der Waals surface area contributed by atoms with Gasteiger partial charge in [0.15, 0.2) is 0 Å². The molecule has 0 spiro atoms. The van der Waals surface area contributed by atoms with Gasteiger partial charge >= 0.3 is 0 Å². The lowest BCUT2D eigenvalue weighted by molar-refractivity contribution is 0.0943. The Hall–Kier alpha value is -3.48. The molecular weight excluding hydrogens is 361 g/mol. The molecule has 1 amide bonds. The molecule has 1 heterocycles. The molecule has 0 aliphatic heterocycles. The van der Waals surface area contributed by atoms with E-state index in [0.717, 1.165) is 12.0 Å². The van der Waals surface area contributed by atoms with Gasteiger partial charge in [0, 0.05) is 19.2 Å². The Balaban J connectivity index is 1.58. The highest BCUT2D eigenvalue weighted by Gasteiger charge is 2.09. The number of hydrogen-bond acceptors (Lipinski definition) is 4. The lowest BCUT2D eigenvalue weighted by Crippen LogP contribution is -2.29. The number of rotatable bonds is 7. The largest absolute Gasteiger partial charge is 0.457 e. The molecule has 0 fully saturated rings. The van der Waals surface area contributed by atoms with E-state index in [-0.39, 0.29) is 23.0 Å². The number of carbonyl (C=O) groups is 1. The van der Waals surface area contributed by atoms with Crippen LogP contribution in [0.3, 0.4) is 0 Å². The van der Waals surface area contributed by atoms with Gasteiger partial charge in [0.1, 0.15) is 23.0 Å². The molecule has 1 aromatic heterocycles. The van der Waals surface area contributed by atoms with Gasteiger partial charge < -0.3 is 10.1 Å². The molecule has 1 N–H and O–H groups in total. The van der Waals surface area contributed by atoms with Crippen LogP contribution in [0.5, 0.6) is 11.5 Å². The predicted molar refractivity (Wildman–Crippen MR) is 103 cm³/mol. The van der Waals surface area contributed by atoms with E-state index in [0.29, 0.717) is 24.6 Å². The Labute approximate surface area is 161 Å². The van der Waals surface area contributed by atoms with Gasteiger partial charge in [-0.15, -0.1) is 0 Å². The van der Waals surface area contributed by atoms with Crippen molar-refractivity contribution in [2.45, 2.75) is 26.4 Å². The predicted octanol–water partition coefficient (Wildman–Crippen LogP) is 3.51. The van der Waals surface area contributed by atoms with Crippen molar-refractivity contribution in [2.24, 2.45) is 0 Å². The third-order valence-corrected chi connectivity index (χ3v) is 3.96. The summed E-state index contributed by atoms with van der Waals surface area (Å²) < 4.78 is 19.8. The van der Waals surface area contributed by atoms with Gasteiger partial charge in [-0.3, -0.25) is 9.59 Å². The minimum absolute atomic E-state index is 0.198. The van der Waals surface area contributed by atoms with E-state index in [2.05, 4.69) is 10.4 Å². The van der Waals surface area contributed by atoms with Gasteiger partial charge in [-0.2, -0.15) is 5.10 Å². The van der Waals surface area contributed by atoms with Crippen molar-refractivity contribution in [3.05, 3.63) is 88.1 Å². The normalized spacial score (nSPS) is 10.5. The standard InChI is InChI=1S/C21H20FN3O3/c1-2-13-25-20(26)12-11-19(24-25)21(27)23-14-15-3-7-17(8-4-15)28-18-9-5-16(22)6-10-18/h3-12H,2,13-14H2,1H3,(H,23,27). The summed E-state index contributed by atoms with van der Waals surface area (Å²) in [4.78, 5) is 24.0. The number of aromatic nitrogens is 2. The molecule has 144 valence electrons. The van der Waals surface area contributed by atoms with Crippen LogP contribution in [0.2, 0.25) is 0 Å². The summed E-state index contributed by atoms with van der Waals surface area (Å²) >= 11 is 0. The zero-order valence-corrected chi connectivity index (χ0v) is 15.4. The van der Waals surface area contributed by atoms with E-state index >= 15 is 0 Å². The Morgan fingerprint density at radius 1 is 1.04 bits per heavy atom. The van der Waals surface area contributed by atoms with Crippen molar-refractivity contribution in [1.82, 2.24) is 15.1 Å². The van der Waals surface area contributed by atoms with E-state index in [1.165, 1.54) is 28.9 Å². The van der Waals surface area contributed by atoms with Crippen molar-refractivity contribution in [1.29, 1.82) is 0 Å². The molecule has 0 saturated carbocycles. The van der Waals surface area contributed by atoms with Crippen molar-refractivity contribution >= 4 is 5.91 Å². The summed E-state index contributed by atoms with van der Waals surface area (Å²) in [6.07, 6.45) is 0.754. The highest BCUT2D eigenvalue weighted by Crippen LogP contribution is 2.21. The topological polar surface area (TPSA) is 73.2 Å². The summed E-state index contributed by atoms with van der Waals surface area (Å²) in [5.41, 5.74) is 0.848. The van der Waals surface area contributed by atoms with Crippen LogP contribution in [0.4, 0.5) is 4.39 Å². The molecule has 28 heavy (non-hydrogen) atoms. The van der Waals surface area contributed by atoms with Crippen molar-refractivity contribution in [3.8, 4) is 11.5 Å². The maximum absolute atomic E-state index is 12.9. The smallest absolute Gasteiger partial charge is 0.271 e. The molecule has 0 aliphatic carbocycles. The zero-order valence-electron chi connectivity index (χ0n) is 15.4. The van der Waals surface area contributed by atoms with Crippen LogP contribution in [-0.4, -0.2) is 15.7 Å². The highest BCUT2D eigenvalue weighted by atomic mass is 19.1. The first-order valence-corrected chi connectivity index (χ1v) is 8.94. The number of nitrogens with one attached hydrogen (secondary N) is 1. The van der Waals surface area contributed by atoms with Gasteiger partial charge in [0.2, 0.25) is 0 Å². The molecule has 0 unspecified atom stereocenters. The number of carbonyl (C=O) groups excluding carboxylic acids is 1. The monoisotopic (exact) mass is 381 g/mol. The minimum Gasteiger partial charge on any atom is -0.457 e. The maximum Gasteiger partial charge on any atom is 0.271 e. The lowest BCUT2D eigenvalue weighted by Gasteiger charge is -2.09. The number of nitrogens with zero attached hydrogens (tertiary/aromatic N) is 2. The molecule has 3 rings (SSSR count). The van der Waals surface area contributed by atoms with Crippen molar-refractivity contribution in [3.63, 3.8) is 0 Å². The third-order valence-electron chi connectivity index (χ3n) is 3.96. The van der Waals surface area contributed by atoms with Crippen LogP contribution >= 0.6 is 0 Å². The second-order valence-electron chi connectivity index (χ2n) is 6.16. The first-order valence-electron chi connectivity index (χ1n) is 8.94. The SMILES string of the molecule is CCCn1nc(C(=O)NCc2ccc(Oc3ccc(F)cc3)cc2)ccc1=O. The summed E-state index contributed by atoms with van der Waals surface area (Å²) in [7, 11) is 0. The third kappa shape index (κ3) is 5.03. The van der Waals surface area contributed by atoms with Gasteiger partial charge in [-0.25, -0.2) is 9.07 Å². The molecule has 0 radical (unpaired) electrons. The van der Waals surface area contributed by atoms with E-state index in [9.17, 15) is 14.0 Å². The number of ether oxygens (including phenoxy) is 1. The molecular formula is C21H20FN3O3. The molecule has 3 aromatic rings. The van der Waals surface area contributed by atoms with Gasteiger partial charge in [-0.1, -0.05) is 19.1 Å². The van der Waals surface area contributed by atoms with Crippen LogP contribution < -0.4 is 15.6 Å². The van der Waals surface area contributed by atoms with Gasteiger partial charge in [0.05, 0.1) is 0 Å². The summed E-state index contributed by atoms with van der Waals surface area (Å²) in [5, 5.41) is 6.87. The van der Waals surface area contributed by atoms with Crippen molar-refractivity contribution < 1.29 is 13.9 Å². The van der Waals surface area contributed by atoms with Crippen LogP contribution in [-0.2, 0) is 13.1 Å². The number of amides is 1. The lowest BCUT2D eigenvalue weighted by atomic mass is 10.2. The molecule has 0 aliphatic rings. The summed E-state index contributed by atoms with van der Waals surface area (Å²) in [5.74, 6) is 0.472. The minimum atomic E-state index is -0.350. The van der Waals surface area contributed by atoms with E-state index in [1.54, 1.807) is 24.3 Å². The average Bonchev–Trinajstić information content (AvgIpc) is 2.71. The fraction of sp³-hybridized carbons (Fsp3) is 0.190. The number of benzene rings is 2. The quantitative estimate of drug-likeness (QED) is 0.680. The molecule has 6 nitrogen and oxygen atoms in total. The summed E-state index contributed by atoms with van der Waals surface area (Å²) in [6, 6.07) is 15.7. The Morgan fingerprint density at radius 3 is 2.32 bits per heavy atom. The second-order valence-corrected chi connectivity index (χ2v) is 6.16. The molecule has 0 saturated heterocycles. The fourth-order valence-corrected chi connectivity index (χ4v) is 2.53. The molecule has 2 aromatic carbocycles. The van der Waals surface area contributed by atoms with Crippen molar-refractivity contribution in [2.75, 3.05) is 0 Å². The number of aryl methyl sites for hydroxylation is 1. The average molecular weight is 381 g/mol. The van der Waals surface area contributed by atoms with Crippen LogP contribution in [0.15, 0.2) is 65.5 Å². The Kier molecular flexibility index (Phi) is 6.16. The Bertz CT molecular complexity index is 999. The van der Waals surface area contributed by atoms with Gasteiger partial charge in [-0.05, 0) is 54.4 Å². The Morgan fingerprint density at radius 2 is 1.68 bits per heavy atom. The van der Waals surface area contributed by atoms with E-state index < -0.39 is 0 Å². The van der Waals surface area contributed by atoms with Crippen LogP contribution in [0, 0.1) is 5.82 Å². The van der Waals surface area contributed by atoms with E-state index in [1.807, 2.05) is 19.1 Å². The first-order chi connectivity index (χ1) is 13.5. The fourth-order valence-electron chi connectivity index (χ4n) is 2.53. The van der Waals surface area contributed by atoms with Gasteiger partial charge in [0.25, 0.3) is 11.5 Å². The molecule has 7 heteroatoms. The van der Waals surface area contributed by atoms with E-state index in [4.69, 9.17) is 4.74 Å². The first kappa shape index (κ1) is 19.3.